The van der Waals surface area contributed by atoms with Gasteiger partial charge < -0.3 is 10.2 Å². The van der Waals surface area contributed by atoms with E-state index < -0.39 is 0 Å². The van der Waals surface area contributed by atoms with Crippen LogP contribution in [0, 0.1) is 5.92 Å². The van der Waals surface area contributed by atoms with E-state index in [1.807, 2.05) is 0 Å². The van der Waals surface area contributed by atoms with Crippen LogP contribution in [-0.2, 0) is 0 Å². The summed E-state index contributed by atoms with van der Waals surface area (Å²) < 4.78 is 0. The second kappa shape index (κ2) is 5.13. The van der Waals surface area contributed by atoms with Gasteiger partial charge in [0.25, 0.3) is 0 Å². The summed E-state index contributed by atoms with van der Waals surface area (Å²) in [7, 11) is 0. The average Bonchev–Trinajstić information content (AvgIpc) is 3.02. The van der Waals surface area contributed by atoms with Crippen LogP contribution < -0.4 is 5.32 Å². The molecule has 1 aliphatic carbocycles. The van der Waals surface area contributed by atoms with Gasteiger partial charge in [-0.25, -0.2) is 0 Å². The van der Waals surface area contributed by atoms with Crippen LogP contribution >= 0.6 is 0 Å². The van der Waals surface area contributed by atoms with Gasteiger partial charge in [-0.05, 0) is 51.6 Å². The molecule has 0 aromatic carbocycles. The standard InChI is InChI=1S/C12H24N2/c1-11(12-5-6-12)13-7-10-14-8-3-2-4-9-14/h11-13H,2-10H2,1H3. The molecule has 2 heteroatoms. The molecule has 1 aliphatic heterocycles. The Hall–Kier alpha value is -0.0800. The molecule has 1 saturated heterocycles. The number of nitrogens with zero attached hydrogens (tertiary/aromatic N) is 1. The topological polar surface area (TPSA) is 15.3 Å². The molecule has 0 radical (unpaired) electrons. The highest BCUT2D eigenvalue weighted by Crippen LogP contribution is 2.32. The predicted molar refractivity (Wildman–Crippen MR) is 60.5 cm³/mol. The molecule has 2 nitrogen and oxygen atoms in total. The molecule has 14 heavy (non-hydrogen) atoms. The highest BCUT2D eigenvalue weighted by atomic mass is 15.1. The fourth-order valence-electron chi connectivity index (χ4n) is 2.40. The van der Waals surface area contributed by atoms with Crippen LogP contribution in [0.1, 0.15) is 39.0 Å². The number of nitrogens with one attached hydrogen (secondary N) is 1. The van der Waals surface area contributed by atoms with Crippen molar-refractivity contribution in [1.29, 1.82) is 0 Å². The van der Waals surface area contributed by atoms with Gasteiger partial charge >= 0.3 is 0 Å². The van der Waals surface area contributed by atoms with Crippen molar-refractivity contribution in [3.63, 3.8) is 0 Å². The van der Waals surface area contributed by atoms with Gasteiger partial charge in [0.15, 0.2) is 0 Å². The van der Waals surface area contributed by atoms with Crippen molar-refractivity contribution in [3.8, 4) is 0 Å². The zero-order valence-corrected chi connectivity index (χ0v) is 9.47. The minimum absolute atomic E-state index is 0.764. The molecule has 0 aromatic rings. The van der Waals surface area contributed by atoms with Crippen molar-refractivity contribution in [3.05, 3.63) is 0 Å². The first-order chi connectivity index (χ1) is 6.86. The van der Waals surface area contributed by atoms with Gasteiger partial charge in [0.2, 0.25) is 0 Å². The number of piperidine rings is 1. The van der Waals surface area contributed by atoms with E-state index in [9.17, 15) is 0 Å². The normalized spacial score (nSPS) is 26.4. The molecule has 0 aromatic heterocycles. The van der Waals surface area contributed by atoms with Gasteiger partial charge in [-0.2, -0.15) is 0 Å². The molecule has 0 amide bonds. The maximum absolute atomic E-state index is 3.65. The number of hydrogen-bond acceptors (Lipinski definition) is 2. The third kappa shape index (κ3) is 3.25. The molecular weight excluding hydrogens is 172 g/mol. The van der Waals surface area contributed by atoms with Crippen LogP contribution in [0.25, 0.3) is 0 Å². The Morgan fingerprint density at radius 3 is 2.57 bits per heavy atom. The Bertz CT molecular complexity index is 160. The molecule has 2 aliphatic rings. The molecule has 1 N–H and O–H groups in total. The van der Waals surface area contributed by atoms with Gasteiger partial charge in [0.1, 0.15) is 0 Å². The predicted octanol–water partition coefficient (Wildman–Crippen LogP) is 1.86. The molecule has 82 valence electrons. The lowest BCUT2D eigenvalue weighted by atomic mass is 10.1. The second-order valence-electron chi connectivity index (χ2n) is 4.98. The molecule has 2 rings (SSSR count). The minimum atomic E-state index is 0.764. The summed E-state index contributed by atoms with van der Waals surface area (Å²) >= 11 is 0. The Morgan fingerprint density at radius 1 is 1.21 bits per heavy atom. The largest absolute Gasteiger partial charge is 0.313 e. The first-order valence-electron chi connectivity index (χ1n) is 6.32. The van der Waals surface area contributed by atoms with E-state index in [1.54, 1.807) is 0 Å². The highest BCUT2D eigenvalue weighted by Gasteiger charge is 2.27. The zero-order chi connectivity index (χ0) is 9.80. The first kappa shape index (κ1) is 10.4. The average molecular weight is 196 g/mol. The molecule has 1 heterocycles. The van der Waals surface area contributed by atoms with Crippen LogP contribution in [0.4, 0.5) is 0 Å². The van der Waals surface area contributed by atoms with Gasteiger partial charge in [0.05, 0.1) is 0 Å². The van der Waals surface area contributed by atoms with Crippen molar-refractivity contribution in [2.24, 2.45) is 5.92 Å². The van der Waals surface area contributed by atoms with Crippen LogP contribution in [0.15, 0.2) is 0 Å². The summed E-state index contributed by atoms with van der Waals surface area (Å²) in [5, 5.41) is 3.65. The van der Waals surface area contributed by atoms with E-state index in [2.05, 4.69) is 17.1 Å². The molecule has 1 saturated carbocycles. The molecular formula is C12H24N2. The zero-order valence-electron chi connectivity index (χ0n) is 9.47. The summed E-state index contributed by atoms with van der Waals surface area (Å²) in [6.45, 7) is 7.46. The van der Waals surface area contributed by atoms with Crippen LogP contribution in [0.3, 0.4) is 0 Å². The number of likely N-dealkylation sites (tertiary alicyclic amines) is 1. The summed E-state index contributed by atoms with van der Waals surface area (Å²) in [6.07, 6.45) is 7.19. The third-order valence-corrected chi connectivity index (χ3v) is 3.67. The highest BCUT2D eigenvalue weighted by molar-refractivity contribution is 4.83. The van der Waals surface area contributed by atoms with E-state index in [0.29, 0.717) is 0 Å². The summed E-state index contributed by atoms with van der Waals surface area (Å²) in [5.41, 5.74) is 0. The van der Waals surface area contributed by atoms with E-state index >= 15 is 0 Å². The smallest absolute Gasteiger partial charge is 0.0107 e. The maximum atomic E-state index is 3.65. The van der Waals surface area contributed by atoms with E-state index in [4.69, 9.17) is 0 Å². The van der Waals surface area contributed by atoms with E-state index in [0.717, 1.165) is 12.0 Å². The Kier molecular flexibility index (Phi) is 3.82. The van der Waals surface area contributed by atoms with Gasteiger partial charge in [-0.1, -0.05) is 6.42 Å². The fraction of sp³-hybridized carbons (Fsp3) is 1.00. The monoisotopic (exact) mass is 196 g/mol. The van der Waals surface area contributed by atoms with Crippen molar-refractivity contribution in [2.45, 2.75) is 45.1 Å². The maximum Gasteiger partial charge on any atom is 0.0107 e. The summed E-state index contributed by atoms with van der Waals surface area (Å²) in [5.74, 6) is 0.997. The molecule has 0 spiro atoms. The van der Waals surface area contributed by atoms with Crippen LogP contribution in [0.5, 0.6) is 0 Å². The lowest BCUT2D eigenvalue weighted by Crippen LogP contribution is -2.39. The molecule has 2 fully saturated rings. The SMILES string of the molecule is CC(NCCN1CCCCC1)C1CC1. The minimum Gasteiger partial charge on any atom is -0.313 e. The summed E-state index contributed by atoms with van der Waals surface area (Å²) in [6, 6.07) is 0.764. The second-order valence-corrected chi connectivity index (χ2v) is 4.98. The lowest BCUT2D eigenvalue weighted by molar-refractivity contribution is 0.226. The van der Waals surface area contributed by atoms with Crippen LogP contribution in [-0.4, -0.2) is 37.1 Å². The Balaban J connectivity index is 1.52. The number of hydrogen-bond donors (Lipinski definition) is 1. The van der Waals surface area contributed by atoms with Gasteiger partial charge in [0, 0.05) is 19.1 Å². The third-order valence-electron chi connectivity index (χ3n) is 3.67. The quantitative estimate of drug-likeness (QED) is 0.722. The van der Waals surface area contributed by atoms with Gasteiger partial charge in [-0.15, -0.1) is 0 Å². The fourth-order valence-corrected chi connectivity index (χ4v) is 2.40. The molecule has 1 atom stereocenters. The van der Waals surface area contributed by atoms with Crippen molar-refractivity contribution >= 4 is 0 Å². The van der Waals surface area contributed by atoms with Crippen LogP contribution in [0.2, 0.25) is 0 Å². The van der Waals surface area contributed by atoms with E-state index in [-0.39, 0.29) is 0 Å². The van der Waals surface area contributed by atoms with Gasteiger partial charge in [-0.3, -0.25) is 0 Å². The van der Waals surface area contributed by atoms with E-state index in [1.165, 1.54) is 58.3 Å². The number of rotatable bonds is 5. The first-order valence-corrected chi connectivity index (χ1v) is 6.32. The van der Waals surface area contributed by atoms with Crippen molar-refractivity contribution < 1.29 is 0 Å². The summed E-state index contributed by atoms with van der Waals surface area (Å²) in [4.78, 5) is 2.61. The Labute approximate surface area is 88.1 Å². The molecule has 1 unspecified atom stereocenters. The Morgan fingerprint density at radius 2 is 1.93 bits per heavy atom. The lowest BCUT2D eigenvalue weighted by Gasteiger charge is -2.27. The molecule has 0 bridgehead atoms. The van der Waals surface area contributed by atoms with Crippen molar-refractivity contribution in [2.75, 3.05) is 26.2 Å². The van der Waals surface area contributed by atoms with Crippen molar-refractivity contribution in [1.82, 2.24) is 10.2 Å².